The summed E-state index contributed by atoms with van der Waals surface area (Å²) in [6.45, 7) is 4.24. The average Bonchev–Trinajstić information content (AvgIpc) is 3.43. The van der Waals surface area contributed by atoms with Gasteiger partial charge in [0.25, 0.3) is 0 Å². The Morgan fingerprint density at radius 3 is 2.52 bits per heavy atom. The maximum absolute atomic E-state index is 12.9. The highest BCUT2D eigenvalue weighted by Gasteiger charge is 2.34. The van der Waals surface area contributed by atoms with Gasteiger partial charge in [0.2, 0.25) is 5.91 Å². The van der Waals surface area contributed by atoms with Gasteiger partial charge in [0.1, 0.15) is 11.6 Å². The van der Waals surface area contributed by atoms with Crippen LogP contribution in [-0.2, 0) is 17.8 Å². The second-order valence-corrected chi connectivity index (χ2v) is 8.55. The van der Waals surface area contributed by atoms with Crippen LogP contribution < -0.4 is 9.64 Å². The SMILES string of the molecule is CCc1ccc(N2C[C@H](c3nc4ccccc4n3CCCOc3ccccc3)CC2=O)cc1. The van der Waals surface area contributed by atoms with Gasteiger partial charge in [-0.2, -0.15) is 0 Å². The van der Waals surface area contributed by atoms with E-state index in [0.717, 1.165) is 47.7 Å². The number of para-hydroxylation sites is 3. The number of hydrogen-bond donors (Lipinski definition) is 0. The third kappa shape index (κ3) is 4.49. The molecule has 0 bridgehead atoms. The molecule has 1 saturated heterocycles. The molecule has 0 saturated carbocycles. The predicted molar refractivity (Wildman–Crippen MR) is 132 cm³/mol. The van der Waals surface area contributed by atoms with Gasteiger partial charge in [0.05, 0.1) is 17.6 Å². The molecule has 0 radical (unpaired) electrons. The van der Waals surface area contributed by atoms with Crippen LogP contribution in [0.15, 0.2) is 78.9 Å². The van der Waals surface area contributed by atoms with Crippen LogP contribution in [0, 0.1) is 0 Å². The Morgan fingerprint density at radius 2 is 1.73 bits per heavy atom. The highest BCUT2D eigenvalue weighted by Crippen LogP contribution is 2.33. The monoisotopic (exact) mass is 439 g/mol. The highest BCUT2D eigenvalue weighted by molar-refractivity contribution is 5.96. The first-order chi connectivity index (χ1) is 16.2. The van der Waals surface area contributed by atoms with Crippen LogP contribution in [0.2, 0.25) is 0 Å². The molecule has 1 aromatic heterocycles. The maximum atomic E-state index is 12.9. The number of carbonyl (C=O) groups is 1. The van der Waals surface area contributed by atoms with E-state index >= 15 is 0 Å². The first kappa shape index (κ1) is 21.3. The van der Waals surface area contributed by atoms with E-state index in [2.05, 4.69) is 41.8 Å². The summed E-state index contributed by atoms with van der Waals surface area (Å²) in [4.78, 5) is 19.8. The molecule has 1 aliphatic heterocycles. The lowest BCUT2D eigenvalue weighted by molar-refractivity contribution is -0.117. The number of carbonyl (C=O) groups excluding carboxylic acids is 1. The quantitative estimate of drug-likeness (QED) is 0.336. The minimum Gasteiger partial charge on any atom is -0.494 e. The number of aromatic nitrogens is 2. The Labute approximate surface area is 194 Å². The van der Waals surface area contributed by atoms with E-state index < -0.39 is 0 Å². The number of fused-ring (bicyclic) bond motifs is 1. The van der Waals surface area contributed by atoms with Gasteiger partial charge in [0, 0.05) is 31.1 Å². The van der Waals surface area contributed by atoms with E-state index in [1.165, 1.54) is 5.56 Å². The minimum atomic E-state index is 0.0748. The Kier molecular flexibility index (Phi) is 6.11. The minimum absolute atomic E-state index is 0.0748. The summed E-state index contributed by atoms with van der Waals surface area (Å²) in [6, 6.07) is 26.5. The summed E-state index contributed by atoms with van der Waals surface area (Å²) in [6.07, 6.45) is 2.35. The van der Waals surface area contributed by atoms with Gasteiger partial charge < -0.3 is 14.2 Å². The van der Waals surface area contributed by atoms with Crippen molar-refractivity contribution in [3.05, 3.63) is 90.3 Å². The van der Waals surface area contributed by atoms with Crippen LogP contribution >= 0.6 is 0 Å². The molecular formula is C28H29N3O2. The fourth-order valence-electron chi connectivity index (χ4n) is 4.61. The number of hydrogen-bond acceptors (Lipinski definition) is 3. The van der Waals surface area contributed by atoms with Crippen LogP contribution in [0.25, 0.3) is 11.0 Å². The highest BCUT2D eigenvalue weighted by atomic mass is 16.5. The van der Waals surface area contributed by atoms with Crippen LogP contribution in [0.5, 0.6) is 5.75 Å². The van der Waals surface area contributed by atoms with Crippen LogP contribution in [0.1, 0.15) is 37.1 Å². The number of aryl methyl sites for hydroxylation is 2. The third-order valence-corrected chi connectivity index (χ3v) is 6.37. The Hall–Kier alpha value is -3.60. The maximum Gasteiger partial charge on any atom is 0.227 e. The van der Waals surface area contributed by atoms with E-state index in [1.54, 1.807) is 0 Å². The molecule has 33 heavy (non-hydrogen) atoms. The topological polar surface area (TPSA) is 47.4 Å². The summed E-state index contributed by atoms with van der Waals surface area (Å²) < 4.78 is 8.18. The Bertz CT molecular complexity index is 1230. The van der Waals surface area contributed by atoms with Crippen molar-refractivity contribution in [2.45, 2.75) is 38.6 Å². The molecule has 5 heteroatoms. The standard InChI is InChI=1S/C28H29N3O2/c1-2-21-13-15-23(16-14-21)31-20-22(19-27(31)32)28-29-25-11-6-7-12-26(25)30(28)17-8-18-33-24-9-4-3-5-10-24/h3-7,9-16,22H,2,8,17-20H2,1H3/t22-/m1/s1. The average molecular weight is 440 g/mol. The summed E-state index contributed by atoms with van der Waals surface area (Å²) in [5, 5.41) is 0. The van der Waals surface area contributed by atoms with Crippen LogP contribution in [-0.4, -0.2) is 28.6 Å². The molecule has 1 atom stereocenters. The summed E-state index contributed by atoms with van der Waals surface area (Å²) in [7, 11) is 0. The number of rotatable bonds is 8. The van der Waals surface area contributed by atoms with E-state index in [1.807, 2.05) is 53.4 Å². The zero-order valence-corrected chi connectivity index (χ0v) is 19.0. The predicted octanol–water partition coefficient (Wildman–Crippen LogP) is 5.59. The number of imidazole rings is 1. The molecule has 1 aliphatic rings. The zero-order chi connectivity index (χ0) is 22.6. The molecule has 4 aromatic rings. The van der Waals surface area contributed by atoms with Gasteiger partial charge in [-0.05, 0) is 54.8 Å². The molecular weight excluding hydrogens is 410 g/mol. The van der Waals surface area contributed by atoms with Gasteiger partial charge in [-0.1, -0.05) is 49.4 Å². The fraction of sp³-hybridized carbons (Fsp3) is 0.286. The molecule has 5 rings (SSSR count). The van der Waals surface area contributed by atoms with Gasteiger partial charge in [-0.3, -0.25) is 4.79 Å². The molecule has 0 N–H and O–H groups in total. The molecule has 0 spiro atoms. The molecule has 168 valence electrons. The largest absolute Gasteiger partial charge is 0.494 e. The van der Waals surface area contributed by atoms with Crippen molar-refractivity contribution in [1.29, 1.82) is 0 Å². The lowest BCUT2D eigenvalue weighted by atomic mass is 10.1. The van der Waals surface area contributed by atoms with Crippen molar-refractivity contribution in [2.24, 2.45) is 0 Å². The fourth-order valence-corrected chi connectivity index (χ4v) is 4.61. The third-order valence-electron chi connectivity index (χ3n) is 6.37. The molecule has 2 heterocycles. The molecule has 1 fully saturated rings. The second kappa shape index (κ2) is 9.49. The van der Waals surface area contributed by atoms with E-state index in [4.69, 9.17) is 9.72 Å². The van der Waals surface area contributed by atoms with Crippen molar-refractivity contribution in [3.8, 4) is 5.75 Å². The Balaban J connectivity index is 1.34. The first-order valence-electron chi connectivity index (χ1n) is 11.7. The molecule has 0 aliphatic carbocycles. The van der Waals surface area contributed by atoms with E-state index in [9.17, 15) is 4.79 Å². The van der Waals surface area contributed by atoms with Crippen molar-refractivity contribution in [1.82, 2.24) is 9.55 Å². The smallest absolute Gasteiger partial charge is 0.227 e. The van der Waals surface area contributed by atoms with Gasteiger partial charge in [-0.25, -0.2) is 4.98 Å². The van der Waals surface area contributed by atoms with E-state index in [-0.39, 0.29) is 11.8 Å². The van der Waals surface area contributed by atoms with Crippen molar-refractivity contribution in [2.75, 3.05) is 18.1 Å². The lowest BCUT2D eigenvalue weighted by Gasteiger charge is -2.18. The zero-order valence-electron chi connectivity index (χ0n) is 19.0. The van der Waals surface area contributed by atoms with Gasteiger partial charge in [0.15, 0.2) is 0 Å². The molecule has 3 aromatic carbocycles. The number of nitrogens with zero attached hydrogens (tertiary/aromatic N) is 3. The lowest BCUT2D eigenvalue weighted by Crippen LogP contribution is -2.24. The van der Waals surface area contributed by atoms with Crippen molar-refractivity contribution >= 4 is 22.6 Å². The summed E-state index contributed by atoms with van der Waals surface area (Å²) >= 11 is 0. The van der Waals surface area contributed by atoms with E-state index in [0.29, 0.717) is 19.6 Å². The number of amides is 1. The van der Waals surface area contributed by atoms with Gasteiger partial charge >= 0.3 is 0 Å². The second-order valence-electron chi connectivity index (χ2n) is 8.55. The summed E-state index contributed by atoms with van der Waals surface area (Å²) in [5.74, 6) is 2.12. The first-order valence-corrected chi connectivity index (χ1v) is 11.7. The molecule has 1 amide bonds. The van der Waals surface area contributed by atoms with Crippen LogP contribution in [0.3, 0.4) is 0 Å². The molecule has 0 unspecified atom stereocenters. The summed E-state index contributed by atoms with van der Waals surface area (Å²) in [5.41, 5.74) is 4.35. The number of ether oxygens (including phenoxy) is 1. The number of benzene rings is 3. The Morgan fingerprint density at radius 1 is 0.970 bits per heavy atom. The van der Waals surface area contributed by atoms with Crippen molar-refractivity contribution < 1.29 is 9.53 Å². The van der Waals surface area contributed by atoms with Crippen LogP contribution in [0.4, 0.5) is 5.69 Å². The van der Waals surface area contributed by atoms with Gasteiger partial charge in [-0.15, -0.1) is 0 Å². The number of anilines is 1. The normalized spacial score (nSPS) is 16.0. The van der Waals surface area contributed by atoms with Crippen molar-refractivity contribution in [3.63, 3.8) is 0 Å². The molecule has 5 nitrogen and oxygen atoms in total.